The molecule has 2 aliphatic carbocycles. The average molecular weight is 680 g/mol. The van der Waals surface area contributed by atoms with E-state index in [-0.39, 0.29) is 10.8 Å². The summed E-state index contributed by atoms with van der Waals surface area (Å²) in [5.41, 5.74) is 12.6. The molecule has 46 heavy (non-hydrogen) atoms. The molecule has 0 N–H and O–H groups in total. The van der Waals surface area contributed by atoms with Gasteiger partial charge in [0.25, 0.3) is 0 Å². The number of rotatable bonds is 3. The van der Waals surface area contributed by atoms with E-state index in [2.05, 4.69) is 158 Å². The predicted octanol–water partition coefficient (Wildman–Crippen LogP) is 11.1. The fourth-order valence-electron chi connectivity index (χ4n) is 5.54. The maximum atomic E-state index is 5.23. The van der Waals surface area contributed by atoms with Crippen LogP contribution in [0.4, 0.5) is 0 Å². The molecule has 0 saturated carbocycles. The standard InChI is InChI=1S/C21H25.C13H10.C10H9O.Zr/c1-20(2,3)16-9-7-14-11-15-8-10-17(21(4,5)6)13-19(15)18(14)12-16;1-3-7-12(8-4-1)11-13-9-5-2-6-10-13;1-8-4-5-9(7-8)10-3-2-6-11-10;/h7,9-10,12-13H,11H2,1-6H3;1-10H;2-3,5-8H,1H3;/q-1;;-1;+2. The number of fused-ring (bicyclic) bond motifs is 3. The van der Waals surface area contributed by atoms with Crippen LogP contribution in [0.3, 0.4) is 0 Å². The van der Waals surface area contributed by atoms with E-state index >= 15 is 0 Å². The molecule has 1 unspecified atom stereocenters. The average Bonchev–Trinajstić information content (AvgIpc) is 3.81. The molecule has 4 aromatic carbocycles. The first-order valence-corrected chi connectivity index (χ1v) is 17.4. The van der Waals surface area contributed by atoms with Gasteiger partial charge in [0.1, 0.15) is 0 Å². The topological polar surface area (TPSA) is 13.1 Å². The van der Waals surface area contributed by atoms with Crippen LogP contribution in [0.25, 0.3) is 16.7 Å². The maximum absolute atomic E-state index is 5.23. The number of hydrogen-bond donors (Lipinski definition) is 0. The minimum absolute atomic E-state index is 0.177. The third-order valence-corrected chi connectivity index (χ3v) is 9.81. The van der Waals surface area contributed by atoms with Gasteiger partial charge in [-0.1, -0.05) is 89.1 Å². The van der Waals surface area contributed by atoms with Gasteiger partial charge in [-0.15, -0.1) is 11.1 Å². The normalized spacial score (nSPS) is 14.7. The molecule has 1 nitrogen and oxygen atoms in total. The Balaban J connectivity index is 0.000000144. The van der Waals surface area contributed by atoms with Crippen molar-refractivity contribution in [3.05, 3.63) is 173 Å². The number of furan rings is 1. The Labute approximate surface area is 291 Å². The van der Waals surface area contributed by atoms with Crippen molar-refractivity contribution in [1.82, 2.24) is 0 Å². The van der Waals surface area contributed by atoms with Gasteiger partial charge in [-0.25, -0.2) is 6.08 Å². The molecule has 2 heteroatoms. The van der Waals surface area contributed by atoms with Gasteiger partial charge in [0.05, 0.1) is 12.0 Å². The molecule has 0 amide bonds. The van der Waals surface area contributed by atoms with E-state index in [4.69, 9.17) is 4.42 Å². The van der Waals surface area contributed by atoms with Crippen LogP contribution in [0.1, 0.15) is 87.6 Å². The van der Waals surface area contributed by atoms with Crippen molar-refractivity contribution < 1.29 is 28.7 Å². The van der Waals surface area contributed by atoms with Crippen molar-refractivity contribution in [2.75, 3.05) is 0 Å². The van der Waals surface area contributed by atoms with Crippen LogP contribution in [0.2, 0.25) is 0 Å². The second-order valence-corrected chi connectivity index (χ2v) is 15.4. The summed E-state index contributed by atoms with van der Waals surface area (Å²) in [6.07, 6.45) is 10.0. The van der Waals surface area contributed by atoms with E-state index in [1.165, 1.54) is 71.9 Å². The van der Waals surface area contributed by atoms with Crippen LogP contribution in [0.5, 0.6) is 0 Å². The number of allylic oxidation sites excluding steroid dienone is 4. The second-order valence-electron chi connectivity index (χ2n) is 14.1. The molecule has 0 aliphatic heterocycles. The van der Waals surface area contributed by atoms with Gasteiger partial charge in [-0.3, -0.25) is 6.08 Å². The summed E-state index contributed by atoms with van der Waals surface area (Å²) in [6.45, 7) is 15.7. The minimum atomic E-state index is 0.177. The van der Waals surface area contributed by atoms with Crippen LogP contribution < -0.4 is 0 Å². The van der Waals surface area contributed by atoms with Crippen LogP contribution in [0.15, 0.2) is 126 Å². The van der Waals surface area contributed by atoms with Gasteiger partial charge in [-0.2, -0.15) is 35.4 Å². The Bertz CT molecular complexity index is 1720. The molecule has 1 atom stereocenters. The van der Waals surface area contributed by atoms with Gasteiger partial charge >= 0.3 is 99.2 Å². The molecule has 0 saturated heterocycles. The van der Waals surface area contributed by atoms with E-state index in [1.807, 2.05) is 18.2 Å². The summed E-state index contributed by atoms with van der Waals surface area (Å²) in [5.74, 6) is 1.36. The van der Waals surface area contributed by atoms with Crippen molar-refractivity contribution in [2.45, 2.75) is 65.7 Å². The predicted molar refractivity (Wildman–Crippen MR) is 191 cm³/mol. The first kappa shape index (κ1) is 33.7. The molecular weight excluding hydrogens is 636 g/mol. The van der Waals surface area contributed by atoms with Crippen molar-refractivity contribution in [2.24, 2.45) is 5.92 Å². The van der Waals surface area contributed by atoms with Gasteiger partial charge in [0, 0.05) is 0 Å². The van der Waals surface area contributed by atoms with E-state index in [0.29, 0.717) is 5.92 Å². The Morgan fingerprint density at radius 3 is 1.87 bits per heavy atom. The van der Waals surface area contributed by atoms with E-state index in [9.17, 15) is 0 Å². The zero-order valence-electron chi connectivity index (χ0n) is 28.2. The second kappa shape index (κ2) is 14.4. The first-order chi connectivity index (χ1) is 21.9. The molecular formula is C44H44OZr. The Hall–Kier alpha value is -3.61. The number of benzene rings is 4. The van der Waals surface area contributed by atoms with Crippen LogP contribution >= 0.6 is 0 Å². The summed E-state index contributed by atoms with van der Waals surface area (Å²) in [6, 6.07) is 40.0. The van der Waals surface area contributed by atoms with E-state index in [1.54, 1.807) is 6.26 Å². The Morgan fingerprint density at radius 1 is 0.739 bits per heavy atom. The molecule has 7 rings (SSSR count). The molecule has 0 fully saturated rings. The molecule has 1 aromatic heterocycles. The van der Waals surface area contributed by atoms with Crippen LogP contribution in [-0.2, 0) is 41.5 Å². The molecule has 0 spiro atoms. The van der Waals surface area contributed by atoms with E-state index < -0.39 is 0 Å². The Morgan fingerprint density at radius 2 is 1.35 bits per heavy atom. The zero-order valence-corrected chi connectivity index (χ0v) is 30.7. The zero-order chi connectivity index (χ0) is 32.9. The SMILES string of the molecule is CC(C)(C)c1c[c-]c2c(c1)-c1cc(C(C)(C)C)ccc1C2.CC1[C-]=CC(c2ccco2)=C1.[Zr+2]=[C](c1ccccc1)c1ccccc1. The summed E-state index contributed by atoms with van der Waals surface area (Å²) >= 11 is 1.46. The van der Waals surface area contributed by atoms with Gasteiger partial charge in [0.15, 0.2) is 0 Å². The van der Waals surface area contributed by atoms with Crippen molar-refractivity contribution in [3.8, 4) is 11.1 Å². The molecule has 230 valence electrons. The fraction of sp³-hybridized carbons (Fsp3) is 0.250. The van der Waals surface area contributed by atoms with Crippen molar-refractivity contribution >= 4 is 8.78 Å². The summed E-state index contributed by atoms with van der Waals surface area (Å²) in [5, 5.41) is 0. The summed E-state index contributed by atoms with van der Waals surface area (Å²) in [7, 11) is 0. The quantitative estimate of drug-likeness (QED) is 0.170. The van der Waals surface area contributed by atoms with Gasteiger partial charge in [-0.05, 0) is 29.5 Å². The molecule has 1 heterocycles. The van der Waals surface area contributed by atoms with Gasteiger partial charge < -0.3 is 4.42 Å². The van der Waals surface area contributed by atoms with Crippen LogP contribution in [0, 0.1) is 18.1 Å². The third-order valence-electron chi connectivity index (χ3n) is 8.39. The van der Waals surface area contributed by atoms with Crippen molar-refractivity contribution in [3.63, 3.8) is 0 Å². The van der Waals surface area contributed by atoms with Gasteiger partial charge in [0.2, 0.25) is 0 Å². The molecule has 0 radical (unpaired) electrons. The van der Waals surface area contributed by atoms with Crippen molar-refractivity contribution in [1.29, 1.82) is 0 Å². The third kappa shape index (κ3) is 8.40. The molecule has 2 aliphatic rings. The fourth-order valence-corrected chi connectivity index (χ4v) is 6.36. The van der Waals surface area contributed by atoms with Crippen LogP contribution in [-0.4, -0.2) is 3.21 Å². The van der Waals surface area contributed by atoms with E-state index in [0.717, 1.165) is 17.8 Å². The monoisotopic (exact) mass is 678 g/mol. The summed E-state index contributed by atoms with van der Waals surface area (Å²) in [4.78, 5) is 0. The number of hydrogen-bond acceptors (Lipinski definition) is 1. The molecule has 5 aromatic rings. The molecule has 0 bridgehead atoms. The first-order valence-electron chi connectivity index (χ1n) is 16.1. The summed E-state index contributed by atoms with van der Waals surface area (Å²) < 4.78 is 6.64. The Kier molecular flexibility index (Phi) is 10.6.